The molecule has 0 unspecified atom stereocenters. The van der Waals surface area contributed by atoms with E-state index >= 15 is 0 Å². The van der Waals surface area contributed by atoms with Gasteiger partial charge in [-0.1, -0.05) is 36.4 Å². The van der Waals surface area contributed by atoms with Crippen molar-refractivity contribution in [1.82, 2.24) is 5.32 Å². The minimum absolute atomic E-state index is 0.0379. The van der Waals surface area contributed by atoms with E-state index in [2.05, 4.69) is 24.0 Å². The maximum absolute atomic E-state index is 11.1. The molecule has 0 saturated heterocycles. The van der Waals surface area contributed by atoms with E-state index in [4.69, 9.17) is 0 Å². The fourth-order valence-electron chi connectivity index (χ4n) is 1.19. The number of carbonyl (C=O) groups is 1. The number of hydrogen-bond acceptors (Lipinski definition) is 1. The number of benzene rings is 1. The van der Waals surface area contributed by atoms with Crippen molar-refractivity contribution in [2.75, 3.05) is 6.54 Å². The zero-order valence-corrected chi connectivity index (χ0v) is 8.20. The van der Waals surface area contributed by atoms with Gasteiger partial charge in [0.15, 0.2) is 0 Å². The molecule has 1 amide bonds. The van der Waals surface area contributed by atoms with Gasteiger partial charge in [0, 0.05) is 13.0 Å². The lowest BCUT2D eigenvalue weighted by Crippen LogP contribution is -2.24. The monoisotopic (exact) mass is 189 g/mol. The number of amides is 1. The summed E-state index contributed by atoms with van der Waals surface area (Å²) >= 11 is 0. The maximum Gasteiger partial charge on any atom is 0.223 e. The Morgan fingerprint density at radius 2 is 2.07 bits per heavy atom. The van der Waals surface area contributed by atoms with Gasteiger partial charge in [-0.25, -0.2) is 0 Å². The summed E-state index contributed by atoms with van der Waals surface area (Å²) in [5, 5.41) is 2.82. The van der Waals surface area contributed by atoms with Crippen molar-refractivity contribution in [3.05, 3.63) is 48.6 Å². The maximum atomic E-state index is 11.1. The second-order valence-corrected chi connectivity index (χ2v) is 3.08. The molecule has 1 aromatic rings. The van der Waals surface area contributed by atoms with Gasteiger partial charge in [-0.3, -0.25) is 4.79 Å². The Balaban J connectivity index is 2.22. The van der Waals surface area contributed by atoms with E-state index < -0.39 is 0 Å². The normalized spacial score (nSPS) is 9.43. The number of nitrogens with one attached hydrogen (secondary N) is 1. The summed E-state index contributed by atoms with van der Waals surface area (Å²) in [5.41, 5.74) is 1.24. The van der Waals surface area contributed by atoms with Crippen LogP contribution in [0.4, 0.5) is 0 Å². The van der Waals surface area contributed by atoms with Crippen molar-refractivity contribution in [1.29, 1.82) is 0 Å². The number of rotatable bonds is 5. The van der Waals surface area contributed by atoms with Crippen molar-refractivity contribution in [3.8, 4) is 0 Å². The average molecular weight is 189 g/mol. The zero-order chi connectivity index (χ0) is 10.2. The van der Waals surface area contributed by atoms with Gasteiger partial charge in [-0.15, -0.1) is 6.58 Å². The molecule has 0 atom stereocenters. The summed E-state index contributed by atoms with van der Waals surface area (Å²) in [7, 11) is 0. The van der Waals surface area contributed by atoms with E-state index in [-0.39, 0.29) is 5.91 Å². The Kier molecular flexibility index (Phi) is 4.48. The van der Waals surface area contributed by atoms with Crippen LogP contribution in [0.25, 0.3) is 0 Å². The predicted molar refractivity (Wildman–Crippen MR) is 58.0 cm³/mol. The highest BCUT2D eigenvalue weighted by Crippen LogP contribution is 1.98. The second-order valence-electron chi connectivity index (χ2n) is 3.08. The van der Waals surface area contributed by atoms with Gasteiger partial charge in [0.2, 0.25) is 5.91 Å². The SMILES string of the molecule is C=CCC(=O)NCCc1ccccc1. The molecule has 0 heterocycles. The molecule has 1 N–H and O–H groups in total. The molecule has 0 bridgehead atoms. The number of carbonyl (C=O) groups excluding carboxylic acids is 1. The van der Waals surface area contributed by atoms with E-state index in [1.165, 1.54) is 5.56 Å². The third kappa shape index (κ3) is 3.90. The van der Waals surface area contributed by atoms with Crippen molar-refractivity contribution >= 4 is 5.91 Å². The Bertz CT molecular complexity index is 292. The van der Waals surface area contributed by atoms with Crippen LogP contribution in [0.15, 0.2) is 43.0 Å². The lowest BCUT2D eigenvalue weighted by Gasteiger charge is -2.03. The van der Waals surface area contributed by atoms with Gasteiger partial charge in [0.25, 0.3) is 0 Å². The minimum Gasteiger partial charge on any atom is -0.356 e. The van der Waals surface area contributed by atoms with Gasteiger partial charge < -0.3 is 5.32 Å². The Labute approximate surface area is 84.6 Å². The molecule has 1 aromatic carbocycles. The minimum atomic E-state index is 0.0379. The molecule has 0 radical (unpaired) electrons. The smallest absolute Gasteiger partial charge is 0.223 e. The Morgan fingerprint density at radius 3 is 2.71 bits per heavy atom. The van der Waals surface area contributed by atoms with Crippen LogP contribution in [-0.4, -0.2) is 12.5 Å². The Morgan fingerprint density at radius 1 is 1.36 bits per heavy atom. The van der Waals surface area contributed by atoms with Crippen LogP contribution in [-0.2, 0) is 11.2 Å². The van der Waals surface area contributed by atoms with E-state index in [0.29, 0.717) is 13.0 Å². The van der Waals surface area contributed by atoms with Crippen LogP contribution in [0.5, 0.6) is 0 Å². The van der Waals surface area contributed by atoms with E-state index in [9.17, 15) is 4.79 Å². The van der Waals surface area contributed by atoms with Gasteiger partial charge in [0.1, 0.15) is 0 Å². The topological polar surface area (TPSA) is 29.1 Å². The van der Waals surface area contributed by atoms with Crippen molar-refractivity contribution in [3.63, 3.8) is 0 Å². The lowest BCUT2D eigenvalue weighted by atomic mass is 10.1. The first-order valence-corrected chi connectivity index (χ1v) is 4.74. The summed E-state index contributed by atoms with van der Waals surface area (Å²) in [6.07, 6.45) is 2.89. The van der Waals surface area contributed by atoms with Crippen molar-refractivity contribution in [2.45, 2.75) is 12.8 Å². The largest absolute Gasteiger partial charge is 0.356 e. The molecule has 0 aromatic heterocycles. The highest BCUT2D eigenvalue weighted by molar-refractivity contribution is 5.77. The molecule has 2 nitrogen and oxygen atoms in total. The fourth-order valence-corrected chi connectivity index (χ4v) is 1.19. The lowest BCUT2D eigenvalue weighted by molar-refractivity contribution is -0.120. The molecule has 0 spiro atoms. The fraction of sp³-hybridized carbons (Fsp3) is 0.250. The van der Waals surface area contributed by atoms with E-state index in [1.807, 2.05) is 18.2 Å². The highest BCUT2D eigenvalue weighted by Gasteiger charge is 1.96. The van der Waals surface area contributed by atoms with Crippen LogP contribution in [0.1, 0.15) is 12.0 Å². The molecule has 2 heteroatoms. The van der Waals surface area contributed by atoms with Crippen molar-refractivity contribution in [2.24, 2.45) is 0 Å². The predicted octanol–water partition coefficient (Wildman–Crippen LogP) is 1.92. The van der Waals surface area contributed by atoms with Gasteiger partial charge in [-0.2, -0.15) is 0 Å². The molecule has 0 saturated carbocycles. The molecule has 0 aliphatic carbocycles. The third-order valence-corrected chi connectivity index (χ3v) is 1.91. The molecular weight excluding hydrogens is 174 g/mol. The summed E-state index contributed by atoms with van der Waals surface area (Å²) in [4.78, 5) is 11.1. The molecule has 74 valence electrons. The van der Waals surface area contributed by atoms with E-state index in [0.717, 1.165) is 6.42 Å². The van der Waals surface area contributed by atoms with Crippen molar-refractivity contribution < 1.29 is 4.79 Å². The Hall–Kier alpha value is -1.57. The average Bonchev–Trinajstić information content (AvgIpc) is 2.20. The van der Waals surface area contributed by atoms with Crippen LogP contribution in [0, 0.1) is 0 Å². The molecule has 0 fully saturated rings. The number of hydrogen-bond donors (Lipinski definition) is 1. The first-order chi connectivity index (χ1) is 6.83. The summed E-state index contributed by atoms with van der Waals surface area (Å²) in [6, 6.07) is 10.1. The van der Waals surface area contributed by atoms with Crippen LogP contribution in [0.3, 0.4) is 0 Å². The quantitative estimate of drug-likeness (QED) is 0.704. The first-order valence-electron chi connectivity index (χ1n) is 4.74. The van der Waals surface area contributed by atoms with Gasteiger partial charge in [-0.05, 0) is 12.0 Å². The molecule has 14 heavy (non-hydrogen) atoms. The zero-order valence-electron chi connectivity index (χ0n) is 8.20. The highest BCUT2D eigenvalue weighted by atomic mass is 16.1. The summed E-state index contributed by atoms with van der Waals surface area (Å²) in [5.74, 6) is 0.0379. The summed E-state index contributed by atoms with van der Waals surface area (Å²) < 4.78 is 0. The molecule has 1 rings (SSSR count). The van der Waals surface area contributed by atoms with E-state index in [1.54, 1.807) is 6.08 Å². The second kappa shape index (κ2) is 5.97. The van der Waals surface area contributed by atoms with Gasteiger partial charge in [0.05, 0.1) is 0 Å². The third-order valence-electron chi connectivity index (χ3n) is 1.91. The van der Waals surface area contributed by atoms with Crippen LogP contribution in [0.2, 0.25) is 0 Å². The molecule has 0 aliphatic heterocycles. The first kappa shape index (κ1) is 10.5. The molecule has 0 aliphatic rings. The van der Waals surface area contributed by atoms with Crippen LogP contribution < -0.4 is 5.32 Å². The van der Waals surface area contributed by atoms with Crippen LogP contribution >= 0.6 is 0 Å². The molecular formula is C12H15NO. The van der Waals surface area contributed by atoms with Gasteiger partial charge >= 0.3 is 0 Å². The standard InChI is InChI=1S/C12H15NO/c1-2-6-12(14)13-10-9-11-7-4-3-5-8-11/h2-5,7-8H,1,6,9-10H2,(H,13,14). The summed E-state index contributed by atoms with van der Waals surface area (Å²) in [6.45, 7) is 4.20.